The molecule has 0 fully saturated rings. The Kier molecular flexibility index (Phi) is 4.53. The minimum Gasteiger partial charge on any atom is -0.495 e. The number of carbonyl (C=O) groups is 2. The van der Waals surface area contributed by atoms with Gasteiger partial charge >= 0.3 is 6.03 Å². The van der Waals surface area contributed by atoms with Crippen molar-refractivity contribution in [2.24, 2.45) is 5.73 Å². The smallest absolute Gasteiger partial charge is 0.318 e. The Balaban J connectivity index is 2.80. The van der Waals surface area contributed by atoms with E-state index >= 15 is 0 Å². The molecule has 0 aliphatic carbocycles. The number of nitrogens with one attached hydrogen (secondary N) is 2. The van der Waals surface area contributed by atoms with Crippen LogP contribution in [0.1, 0.15) is 12.5 Å². The highest BCUT2D eigenvalue weighted by Gasteiger charge is 2.15. The number of methoxy groups -OCH3 is 1. The van der Waals surface area contributed by atoms with Crippen molar-refractivity contribution in [2.75, 3.05) is 12.4 Å². The fourth-order valence-electron chi connectivity index (χ4n) is 1.46. The van der Waals surface area contributed by atoms with Crippen LogP contribution in [0.15, 0.2) is 18.2 Å². The predicted molar refractivity (Wildman–Crippen MR) is 68.5 cm³/mol. The first-order chi connectivity index (χ1) is 8.43. The van der Waals surface area contributed by atoms with Crippen molar-refractivity contribution in [2.45, 2.75) is 19.9 Å². The van der Waals surface area contributed by atoms with Gasteiger partial charge in [0.05, 0.1) is 12.8 Å². The second-order valence-electron chi connectivity index (χ2n) is 3.92. The van der Waals surface area contributed by atoms with Gasteiger partial charge in [0.2, 0.25) is 5.91 Å². The van der Waals surface area contributed by atoms with Crippen LogP contribution < -0.4 is 21.1 Å². The summed E-state index contributed by atoms with van der Waals surface area (Å²) < 4.78 is 5.18. The SMILES string of the molecule is COc1ccc(C)cc1NC(C)C(=O)NC(N)=O. The molecule has 0 heterocycles. The predicted octanol–water partition coefficient (Wildman–Crippen LogP) is 0.999. The second-order valence-corrected chi connectivity index (χ2v) is 3.92. The van der Waals surface area contributed by atoms with E-state index in [2.05, 4.69) is 5.32 Å². The van der Waals surface area contributed by atoms with Crippen molar-refractivity contribution in [3.8, 4) is 5.75 Å². The molecule has 18 heavy (non-hydrogen) atoms. The molecule has 1 aromatic rings. The number of ether oxygens (including phenoxy) is 1. The lowest BCUT2D eigenvalue weighted by molar-refractivity contribution is -0.120. The molecule has 98 valence electrons. The molecule has 0 aliphatic rings. The van der Waals surface area contributed by atoms with Gasteiger partial charge in [-0.2, -0.15) is 0 Å². The highest BCUT2D eigenvalue weighted by Crippen LogP contribution is 2.25. The van der Waals surface area contributed by atoms with Gasteiger partial charge < -0.3 is 15.8 Å². The van der Waals surface area contributed by atoms with Gasteiger partial charge in [-0.25, -0.2) is 4.79 Å². The summed E-state index contributed by atoms with van der Waals surface area (Å²) in [6.07, 6.45) is 0. The van der Waals surface area contributed by atoms with Gasteiger partial charge in [-0.1, -0.05) is 6.07 Å². The first-order valence-corrected chi connectivity index (χ1v) is 5.45. The average Bonchev–Trinajstić information content (AvgIpc) is 2.28. The largest absolute Gasteiger partial charge is 0.495 e. The van der Waals surface area contributed by atoms with Gasteiger partial charge in [0.25, 0.3) is 0 Å². The van der Waals surface area contributed by atoms with Crippen molar-refractivity contribution in [3.05, 3.63) is 23.8 Å². The Morgan fingerprint density at radius 3 is 2.61 bits per heavy atom. The van der Waals surface area contributed by atoms with E-state index < -0.39 is 18.0 Å². The lowest BCUT2D eigenvalue weighted by atomic mass is 10.2. The first kappa shape index (κ1) is 13.8. The van der Waals surface area contributed by atoms with E-state index in [1.807, 2.05) is 24.4 Å². The van der Waals surface area contributed by atoms with Crippen molar-refractivity contribution in [3.63, 3.8) is 0 Å². The third kappa shape index (κ3) is 3.65. The fraction of sp³-hybridized carbons (Fsp3) is 0.333. The standard InChI is InChI=1S/C12H17N3O3/c1-7-4-5-10(18-3)9(6-7)14-8(2)11(16)15-12(13)17/h4-6,8,14H,1-3H3,(H3,13,15,16,17). The van der Waals surface area contributed by atoms with Gasteiger partial charge in [0, 0.05) is 0 Å². The Morgan fingerprint density at radius 2 is 2.06 bits per heavy atom. The first-order valence-electron chi connectivity index (χ1n) is 5.45. The van der Waals surface area contributed by atoms with E-state index in [9.17, 15) is 9.59 Å². The number of benzene rings is 1. The molecule has 6 nitrogen and oxygen atoms in total. The Hall–Kier alpha value is -2.24. The summed E-state index contributed by atoms with van der Waals surface area (Å²) >= 11 is 0. The molecule has 6 heteroatoms. The van der Waals surface area contributed by atoms with Gasteiger partial charge in [-0.05, 0) is 31.5 Å². The summed E-state index contributed by atoms with van der Waals surface area (Å²) in [6, 6.07) is 4.08. The summed E-state index contributed by atoms with van der Waals surface area (Å²) in [4.78, 5) is 22.1. The van der Waals surface area contributed by atoms with E-state index in [1.54, 1.807) is 20.1 Å². The zero-order valence-electron chi connectivity index (χ0n) is 10.6. The molecule has 0 bridgehead atoms. The fourth-order valence-corrected chi connectivity index (χ4v) is 1.46. The van der Waals surface area contributed by atoms with Crippen molar-refractivity contribution in [1.82, 2.24) is 5.32 Å². The quantitative estimate of drug-likeness (QED) is 0.744. The van der Waals surface area contributed by atoms with Crippen molar-refractivity contribution in [1.29, 1.82) is 0 Å². The summed E-state index contributed by atoms with van der Waals surface area (Å²) in [5, 5.41) is 4.97. The molecule has 0 aliphatic heterocycles. The van der Waals surface area contributed by atoms with E-state index in [-0.39, 0.29) is 0 Å². The number of hydrogen-bond acceptors (Lipinski definition) is 4. The summed E-state index contributed by atoms with van der Waals surface area (Å²) in [5.74, 6) is 0.130. The molecule has 0 saturated heterocycles. The number of anilines is 1. The summed E-state index contributed by atoms with van der Waals surface area (Å²) in [7, 11) is 1.55. The highest BCUT2D eigenvalue weighted by molar-refractivity contribution is 5.97. The lowest BCUT2D eigenvalue weighted by Gasteiger charge is -2.16. The van der Waals surface area contributed by atoms with Gasteiger partial charge in [0.15, 0.2) is 0 Å². The molecule has 3 amide bonds. The van der Waals surface area contributed by atoms with Crippen LogP contribution in [0.25, 0.3) is 0 Å². The Labute approximate surface area is 105 Å². The number of aryl methyl sites for hydroxylation is 1. The van der Waals surface area contributed by atoms with Crippen LogP contribution in [0.5, 0.6) is 5.75 Å². The van der Waals surface area contributed by atoms with Crippen LogP contribution in [0.2, 0.25) is 0 Å². The van der Waals surface area contributed by atoms with Crippen LogP contribution in [0.4, 0.5) is 10.5 Å². The molecule has 0 aromatic heterocycles. The minimum absolute atomic E-state index is 0.494. The zero-order valence-corrected chi connectivity index (χ0v) is 10.6. The van der Waals surface area contributed by atoms with Crippen LogP contribution in [-0.2, 0) is 4.79 Å². The number of primary amides is 1. The lowest BCUT2D eigenvalue weighted by Crippen LogP contribution is -2.43. The van der Waals surface area contributed by atoms with Crippen molar-refractivity contribution < 1.29 is 14.3 Å². The summed E-state index contributed by atoms with van der Waals surface area (Å²) in [5.41, 5.74) is 6.59. The van der Waals surface area contributed by atoms with Crippen LogP contribution >= 0.6 is 0 Å². The van der Waals surface area contributed by atoms with Gasteiger partial charge in [0.1, 0.15) is 11.8 Å². The molecule has 1 aromatic carbocycles. The third-order valence-corrected chi connectivity index (χ3v) is 2.37. The van der Waals surface area contributed by atoms with Gasteiger partial charge in [-0.15, -0.1) is 0 Å². The van der Waals surface area contributed by atoms with Gasteiger partial charge in [-0.3, -0.25) is 10.1 Å². The van der Waals surface area contributed by atoms with E-state index in [1.165, 1.54) is 0 Å². The zero-order chi connectivity index (χ0) is 13.7. The molecule has 4 N–H and O–H groups in total. The molecule has 1 rings (SSSR count). The number of hydrogen-bond donors (Lipinski definition) is 3. The molecule has 0 radical (unpaired) electrons. The highest BCUT2D eigenvalue weighted by atomic mass is 16.5. The van der Waals surface area contributed by atoms with Crippen LogP contribution in [0.3, 0.4) is 0 Å². The summed E-state index contributed by atoms with van der Waals surface area (Å²) in [6.45, 7) is 3.55. The molecular weight excluding hydrogens is 234 g/mol. The topological polar surface area (TPSA) is 93.4 Å². The maximum absolute atomic E-state index is 11.5. The number of amides is 3. The number of nitrogens with two attached hydrogens (primary N) is 1. The number of imide groups is 1. The molecule has 1 atom stereocenters. The third-order valence-electron chi connectivity index (χ3n) is 2.37. The number of urea groups is 1. The average molecular weight is 251 g/mol. The van der Waals surface area contributed by atoms with E-state index in [0.29, 0.717) is 11.4 Å². The van der Waals surface area contributed by atoms with E-state index in [0.717, 1.165) is 5.56 Å². The number of rotatable bonds is 4. The molecule has 1 unspecified atom stereocenters. The minimum atomic E-state index is -0.871. The maximum Gasteiger partial charge on any atom is 0.318 e. The van der Waals surface area contributed by atoms with Crippen LogP contribution in [-0.4, -0.2) is 25.1 Å². The monoisotopic (exact) mass is 251 g/mol. The Bertz CT molecular complexity index is 460. The maximum atomic E-state index is 11.5. The van der Waals surface area contributed by atoms with Crippen molar-refractivity contribution >= 4 is 17.6 Å². The van der Waals surface area contributed by atoms with Crippen LogP contribution in [0, 0.1) is 6.92 Å². The molecule has 0 saturated carbocycles. The molecular formula is C12H17N3O3. The normalized spacial score (nSPS) is 11.5. The second kappa shape index (κ2) is 5.90. The Morgan fingerprint density at radius 1 is 1.39 bits per heavy atom. The molecule has 0 spiro atoms. The number of carbonyl (C=O) groups excluding carboxylic acids is 2. The van der Waals surface area contributed by atoms with E-state index in [4.69, 9.17) is 10.5 Å².